The minimum atomic E-state index is -0.891. The zero-order chi connectivity index (χ0) is 4.99. The molecule has 3 heteroatoms. The van der Waals surface area contributed by atoms with E-state index in [1.54, 1.807) is 6.92 Å². The van der Waals surface area contributed by atoms with Crippen molar-refractivity contribution in [1.29, 1.82) is 0 Å². The molecule has 1 N–H and O–H groups in total. The maximum atomic E-state index is 9.51. The van der Waals surface area contributed by atoms with Gasteiger partial charge in [-0.1, -0.05) is 6.08 Å². The molecule has 0 rings (SSSR count). The standard InChI is InChI=1S/C4H6O2.In/c1-2-3-4(5)6;/h2-3H,1H3,(H,5,6);/b3-2+;. The summed E-state index contributed by atoms with van der Waals surface area (Å²) in [6.45, 7) is 1.66. The van der Waals surface area contributed by atoms with Crippen molar-refractivity contribution in [2.24, 2.45) is 0 Å². The van der Waals surface area contributed by atoms with Crippen molar-refractivity contribution in [3.63, 3.8) is 0 Å². The first kappa shape index (κ1) is 10.1. The second kappa shape index (κ2) is 6.08. The fourth-order valence-corrected chi connectivity index (χ4v) is 0.143. The van der Waals surface area contributed by atoms with Crippen molar-refractivity contribution in [3.05, 3.63) is 12.2 Å². The Balaban J connectivity index is 0. The summed E-state index contributed by atoms with van der Waals surface area (Å²) in [7, 11) is 0. The van der Waals surface area contributed by atoms with Crippen LogP contribution in [0.15, 0.2) is 12.2 Å². The normalized spacial score (nSPS) is 8.14. The topological polar surface area (TPSA) is 37.3 Å². The smallest absolute Gasteiger partial charge is 0.327 e. The van der Waals surface area contributed by atoms with Crippen LogP contribution in [0.1, 0.15) is 6.92 Å². The molecule has 0 spiro atoms. The molecule has 0 aliphatic carbocycles. The van der Waals surface area contributed by atoms with Gasteiger partial charge in [-0.05, 0) is 6.92 Å². The van der Waals surface area contributed by atoms with Crippen LogP contribution in [0.25, 0.3) is 0 Å². The maximum Gasteiger partial charge on any atom is 0.327 e. The summed E-state index contributed by atoms with van der Waals surface area (Å²) < 4.78 is 0. The molecule has 0 amide bonds. The molecule has 0 aromatic carbocycles. The Kier molecular flexibility index (Phi) is 8.81. The van der Waals surface area contributed by atoms with Crippen molar-refractivity contribution < 1.29 is 9.90 Å². The molecule has 3 radical (unpaired) electrons. The third-order valence-corrected chi connectivity index (χ3v) is 0.309. The van der Waals surface area contributed by atoms with Crippen LogP contribution in [0.4, 0.5) is 0 Å². The number of aliphatic carboxylic acids is 1. The molecule has 2 nitrogen and oxygen atoms in total. The van der Waals surface area contributed by atoms with E-state index >= 15 is 0 Å². The molecule has 0 bridgehead atoms. The third-order valence-electron chi connectivity index (χ3n) is 0.309. The SMILES string of the molecule is C/C=C/C(=O)O.[In]. The molecular weight excluding hydrogens is 195 g/mol. The molecule has 0 unspecified atom stereocenters. The van der Waals surface area contributed by atoms with Gasteiger partial charge in [-0.2, -0.15) is 0 Å². The third kappa shape index (κ3) is 10.7. The van der Waals surface area contributed by atoms with Gasteiger partial charge in [0.1, 0.15) is 0 Å². The van der Waals surface area contributed by atoms with Crippen LogP contribution >= 0.6 is 0 Å². The number of carboxylic acid groups (broad SMARTS) is 1. The average Bonchev–Trinajstić information content (AvgIpc) is 1.35. The Morgan fingerprint density at radius 2 is 2.14 bits per heavy atom. The van der Waals surface area contributed by atoms with Crippen molar-refractivity contribution >= 4 is 31.8 Å². The average molecular weight is 201 g/mol. The molecule has 37 valence electrons. The summed E-state index contributed by atoms with van der Waals surface area (Å²) in [6.07, 6.45) is 2.56. The van der Waals surface area contributed by atoms with Gasteiger partial charge in [-0.15, -0.1) is 0 Å². The summed E-state index contributed by atoms with van der Waals surface area (Å²) >= 11 is 0. The van der Waals surface area contributed by atoms with Gasteiger partial charge in [0.2, 0.25) is 0 Å². The largest absolute Gasteiger partial charge is 0.478 e. The van der Waals surface area contributed by atoms with Gasteiger partial charge in [0, 0.05) is 31.9 Å². The van der Waals surface area contributed by atoms with Crippen LogP contribution in [0.2, 0.25) is 0 Å². The van der Waals surface area contributed by atoms with Crippen molar-refractivity contribution in [2.45, 2.75) is 6.92 Å². The zero-order valence-electron chi connectivity index (χ0n) is 4.09. The molecule has 0 aromatic rings. The summed E-state index contributed by atoms with van der Waals surface area (Å²) in [6, 6.07) is 0. The molecule has 0 saturated heterocycles. The number of carboxylic acids is 1. The molecule has 0 atom stereocenters. The number of carbonyl (C=O) groups is 1. The second-order valence-corrected chi connectivity index (χ2v) is 0.838. The summed E-state index contributed by atoms with van der Waals surface area (Å²) in [5.41, 5.74) is 0. The minimum Gasteiger partial charge on any atom is -0.478 e. The number of rotatable bonds is 1. The molecule has 0 aromatic heterocycles. The van der Waals surface area contributed by atoms with Crippen LogP contribution in [0.3, 0.4) is 0 Å². The number of hydrogen-bond donors (Lipinski definition) is 1. The van der Waals surface area contributed by atoms with Gasteiger partial charge in [-0.3, -0.25) is 0 Å². The number of hydrogen-bond acceptors (Lipinski definition) is 1. The summed E-state index contributed by atoms with van der Waals surface area (Å²) in [5.74, 6) is -0.891. The van der Waals surface area contributed by atoms with E-state index in [-0.39, 0.29) is 25.8 Å². The fourth-order valence-electron chi connectivity index (χ4n) is 0.143. The van der Waals surface area contributed by atoms with E-state index in [9.17, 15) is 4.79 Å². The molecule has 0 saturated carbocycles. The summed E-state index contributed by atoms with van der Waals surface area (Å²) in [4.78, 5) is 9.51. The Labute approximate surface area is 61.0 Å². The van der Waals surface area contributed by atoms with E-state index in [0.717, 1.165) is 6.08 Å². The van der Waals surface area contributed by atoms with E-state index in [1.807, 2.05) is 0 Å². The van der Waals surface area contributed by atoms with Crippen molar-refractivity contribution in [1.82, 2.24) is 0 Å². The van der Waals surface area contributed by atoms with E-state index in [1.165, 1.54) is 6.08 Å². The van der Waals surface area contributed by atoms with Gasteiger partial charge in [-0.25, -0.2) is 4.79 Å². The first-order valence-corrected chi connectivity index (χ1v) is 1.63. The molecule has 7 heavy (non-hydrogen) atoms. The van der Waals surface area contributed by atoms with Crippen molar-refractivity contribution in [3.8, 4) is 0 Å². The van der Waals surface area contributed by atoms with E-state index in [0.29, 0.717) is 0 Å². The number of allylic oxidation sites excluding steroid dienone is 1. The monoisotopic (exact) mass is 201 g/mol. The molecule has 0 aliphatic heterocycles. The Morgan fingerprint density at radius 1 is 1.71 bits per heavy atom. The molecule has 0 fully saturated rings. The van der Waals surface area contributed by atoms with Gasteiger partial charge in [0.25, 0.3) is 0 Å². The molecular formula is C4H6InO2. The van der Waals surface area contributed by atoms with E-state index in [4.69, 9.17) is 5.11 Å². The van der Waals surface area contributed by atoms with Gasteiger partial charge in [0.15, 0.2) is 0 Å². The fraction of sp³-hybridized carbons (Fsp3) is 0.250. The quantitative estimate of drug-likeness (QED) is 0.618. The van der Waals surface area contributed by atoms with Crippen LogP contribution in [0.5, 0.6) is 0 Å². The van der Waals surface area contributed by atoms with Gasteiger partial charge >= 0.3 is 5.97 Å². The summed E-state index contributed by atoms with van der Waals surface area (Å²) in [5, 5.41) is 7.83. The predicted octanol–water partition coefficient (Wildman–Crippen LogP) is 0.266. The Morgan fingerprint density at radius 3 is 2.14 bits per heavy atom. The minimum absolute atomic E-state index is 0. The van der Waals surface area contributed by atoms with Crippen LogP contribution < -0.4 is 0 Å². The second-order valence-electron chi connectivity index (χ2n) is 0.838. The van der Waals surface area contributed by atoms with Crippen LogP contribution in [0, 0.1) is 0 Å². The maximum absolute atomic E-state index is 9.51. The van der Waals surface area contributed by atoms with E-state index < -0.39 is 5.97 Å². The molecule has 0 heterocycles. The van der Waals surface area contributed by atoms with E-state index in [2.05, 4.69) is 0 Å². The Hall–Kier alpha value is 0.0801. The Bertz CT molecular complexity index is 77.8. The van der Waals surface area contributed by atoms with Gasteiger partial charge in [0.05, 0.1) is 0 Å². The van der Waals surface area contributed by atoms with Gasteiger partial charge < -0.3 is 5.11 Å². The van der Waals surface area contributed by atoms with Crippen LogP contribution in [-0.2, 0) is 4.79 Å². The molecule has 0 aliphatic rings. The zero-order valence-corrected chi connectivity index (χ0v) is 7.38. The predicted molar refractivity (Wildman–Crippen MR) is 28.2 cm³/mol. The van der Waals surface area contributed by atoms with Crippen LogP contribution in [-0.4, -0.2) is 36.9 Å². The first-order chi connectivity index (χ1) is 2.77. The first-order valence-electron chi connectivity index (χ1n) is 1.63. The van der Waals surface area contributed by atoms with Crippen molar-refractivity contribution in [2.75, 3.05) is 0 Å².